The molecule has 0 saturated heterocycles. The van der Waals surface area contributed by atoms with E-state index in [2.05, 4.69) is 5.10 Å². The highest BCUT2D eigenvalue weighted by molar-refractivity contribution is 5.95. The number of aromatic carboxylic acids is 2. The molecule has 0 amide bonds. The summed E-state index contributed by atoms with van der Waals surface area (Å²) >= 11 is 0. The van der Waals surface area contributed by atoms with Crippen LogP contribution in [-0.2, 0) is 0 Å². The number of carboxylic acids is 2. The maximum Gasteiger partial charge on any atom is 0.356 e. The van der Waals surface area contributed by atoms with Crippen LogP contribution >= 0.6 is 0 Å². The monoisotopic (exact) mass is 292 g/mol. The van der Waals surface area contributed by atoms with Crippen molar-refractivity contribution in [3.63, 3.8) is 0 Å². The second-order valence-electron chi connectivity index (χ2n) is 4.76. The van der Waals surface area contributed by atoms with E-state index in [1.807, 2.05) is 0 Å². The first-order valence-corrected chi connectivity index (χ1v) is 6.18. The third-order valence-corrected chi connectivity index (χ3v) is 2.98. The smallest absolute Gasteiger partial charge is 0.356 e. The van der Waals surface area contributed by atoms with E-state index < -0.39 is 17.8 Å². The molecule has 1 aromatic heterocycles. The highest BCUT2D eigenvalue weighted by atomic mass is 19.1. The quantitative estimate of drug-likeness (QED) is 0.903. The van der Waals surface area contributed by atoms with Gasteiger partial charge >= 0.3 is 11.9 Å². The SMILES string of the molecule is CC(C)c1c(C(=O)O)nn(-c2ccc(F)cc2)c1C(=O)O. The predicted molar refractivity (Wildman–Crippen MR) is 71.5 cm³/mol. The Morgan fingerprint density at radius 3 is 2.14 bits per heavy atom. The van der Waals surface area contributed by atoms with Gasteiger partial charge in [0.1, 0.15) is 5.82 Å². The summed E-state index contributed by atoms with van der Waals surface area (Å²) in [6, 6.07) is 4.98. The Balaban J connectivity index is 2.76. The fraction of sp³-hybridized carbons (Fsp3) is 0.214. The molecule has 0 aliphatic rings. The Kier molecular flexibility index (Phi) is 3.75. The minimum Gasteiger partial charge on any atom is -0.476 e. The molecule has 21 heavy (non-hydrogen) atoms. The Morgan fingerprint density at radius 1 is 1.14 bits per heavy atom. The lowest BCUT2D eigenvalue weighted by atomic mass is 10.00. The average Bonchev–Trinajstić information content (AvgIpc) is 2.80. The molecule has 2 N–H and O–H groups in total. The zero-order valence-electron chi connectivity index (χ0n) is 11.4. The first kappa shape index (κ1) is 14.7. The van der Waals surface area contributed by atoms with Gasteiger partial charge in [-0.2, -0.15) is 5.10 Å². The number of carbonyl (C=O) groups is 2. The summed E-state index contributed by atoms with van der Waals surface area (Å²) in [4.78, 5) is 22.8. The summed E-state index contributed by atoms with van der Waals surface area (Å²) in [5.41, 5.74) is -0.122. The van der Waals surface area contributed by atoms with Crippen LogP contribution in [0.3, 0.4) is 0 Å². The fourth-order valence-electron chi connectivity index (χ4n) is 2.11. The van der Waals surface area contributed by atoms with Crippen molar-refractivity contribution in [3.05, 3.63) is 47.0 Å². The number of benzene rings is 1. The second kappa shape index (κ2) is 5.35. The Hall–Kier alpha value is -2.70. The van der Waals surface area contributed by atoms with Gasteiger partial charge in [0.15, 0.2) is 11.4 Å². The molecule has 0 radical (unpaired) electrons. The van der Waals surface area contributed by atoms with Gasteiger partial charge in [-0.25, -0.2) is 18.7 Å². The van der Waals surface area contributed by atoms with E-state index in [0.717, 1.165) is 16.8 Å². The van der Waals surface area contributed by atoms with E-state index in [1.165, 1.54) is 12.1 Å². The van der Waals surface area contributed by atoms with Crippen LogP contribution in [-0.4, -0.2) is 31.9 Å². The zero-order valence-corrected chi connectivity index (χ0v) is 11.4. The van der Waals surface area contributed by atoms with Gasteiger partial charge in [-0.15, -0.1) is 0 Å². The van der Waals surface area contributed by atoms with Crippen molar-refractivity contribution in [2.45, 2.75) is 19.8 Å². The third-order valence-electron chi connectivity index (χ3n) is 2.98. The van der Waals surface area contributed by atoms with Crippen LogP contribution in [0, 0.1) is 5.82 Å². The summed E-state index contributed by atoms with van der Waals surface area (Å²) in [6.45, 7) is 3.37. The summed E-state index contributed by atoms with van der Waals surface area (Å²) in [6.07, 6.45) is 0. The minimum absolute atomic E-state index is 0.138. The van der Waals surface area contributed by atoms with E-state index in [1.54, 1.807) is 13.8 Å². The van der Waals surface area contributed by atoms with Gasteiger partial charge in [0.25, 0.3) is 0 Å². The molecule has 1 heterocycles. The first-order chi connectivity index (χ1) is 9.82. The van der Waals surface area contributed by atoms with Crippen molar-refractivity contribution in [1.82, 2.24) is 9.78 Å². The van der Waals surface area contributed by atoms with Crippen LogP contribution in [0.15, 0.2) is 24.3 Å². The number of aromatic nitrogens is 2. The van der Waals surface area contributed by atoms with E-state index in [4.69, 9.17) is 0 Å². The predicted octanol–water partition coefficient (Wildman–Crippen LogP) is 2.53. The van der Waals surface area contributed by atoms with Crippen molar-refractivity contribution in [1.29, 1.82) is 0 Å². The normalized spacial score (nSPS) is 10.9. The molecule has 0 saturated carbocycles. The lowest BCUT2D eigenvalue weighted by molar-refractivity contribution is 0.0679. The van der Waals surface area contributed by atoms with Gasteiger partial charge in [-0.05, 0) is 30.2 Å². The summed E-state index contributed by atoms with van der Waals surface area (Å²) in [5, 5.41) is 22.4. The molecule has 1 aromatic carbocycles. The van der Waals surface area contributed by atoms with Crippen LogP contribution in [0.5, 0.6) is 0 Å². The molecule has 0 atom stereocenters. The molecule has 7 heteroatoms. The molecule has 110 valence electrons. The molecule has 0 fully saturated rings. The fourth-order valence-corrected chi connectivity index (χ4v) is 2.11. The van der Waals surface area contributed by atoms with Crippen molar-refractivity contribution >= 4 is 11.9 Å². The van der Waals surface area contributed by atoms with Gasteiger partial charge in [-0.1, -0.05) is 13.8 Å². The van der Waals surface area contributed by atoms with Crippen LogP contribution in [0.1, 0.15) is 46.3 Å². The summed E-state index contributed by atoms with van der Waals surface area (Å²) in [5.74, 6) is -3.41. The highest BCUT2D eigenvalue weighted by Gasteiger charge is 2.29. The van der Waals surface area contributed by atoms with Gasteiger partial charge in [0.05, 0.1) is 5.69 Å². The average molecular weight is 292 g/mol. The van der Waals surface area contributed by atoms with Gasteiger partial charge < -0.3 is 10.2 Å². The molecule has 6 nitrogen and oxygen atoms in total. The van der Waals surface area contributed by atoms with Crippen LogP contribution < -0.4 is 0 Å². The van der Waals surface area contributed by atoms with Crippen LogP contribution in [0.2, 0.25) is 0 Å². The number of carboxylic acid groups (broad SMARTS) is 2. The standard InChI is InChI=1S/C14H13FN2O4/c1-7(2)10-11(13(18)19)16-17(12(10)14(20)21)9-5-3-8(15)4-6-9/h3-7H,1-2H3,(H,18,19)(H,20,21). The van der Waals surface area contributed by atoms with Crippen molar-refractivity contribution in [3.8, 4) is 5.69 Å². The van der Waals surface area contributed by atoms with Gasteiger partial charge in [0, 0.05) is 5.56 Å². The number of rotatable bonds is 4. The molecule has 0 aliphatic carbocycles. The number of nitrogens with zero attached hydrogens (tertiary/aromatic N) is 2. The maximum atomic E-state index is 13.0. The summed E-state index contributed by atoms with van der Waals surface area (Å²) < 4.78 is 14.0. The molecule has 0 unspecified atom stereocenters. The minimum atomic E-state index is -1.30. The van der Waals surface area contributed by atoms with E-state index in [0.29, 0.717) is 0 Å². The zero-order chi connectivity index (χ0) is 15.7. The molecular weight excluding hydrogens is 279 g/mol. The van der Waals surface area contributed by atoms with E-state index in [9.17, 15) is 24.2 Å². The van der Waals surface area contributed by atoms with Crippen molar-refractivity contribution in [2.24, 2.45) is 0 Å². The highest BCUT2D eigenvalue weighted by Crippen LogP contribution is 2.26. The topological polar surface area (TPSA) is 92.4 Å². The van der Waals surface area contributed by atoms with Crippen molar-refractivity contribution in [2.75, 3.05) is 0 Å². The Labute approximate surface area is 119 Å². The number of hydrogen-bond donors (Lipinski definition) is 2. The lowest BCUT2D eigenvalue weighted by Crippen LogP contribution is -2.11. The van der Waals surface area contributed by atoms with Crippen LogP contribution in [0.4, 0.5) is 4.39 Å². The first-order valence-electron chi connectivity index (χ1n) is 6.18. The van der Waals surface area contributed by atoms with E-state index in [-0.39, 0.29) is 28.6 Å². The molecular formula is C14H13FN2O4. The third kappa shape index (κ3) is 2.62. The summed E-state index contributed by atoms with van der Waals surface area (Å²) in [7, 11) is 0. The molecule has 0 bridgehead atoms. The second-order valence-corrected chi connectivity index (χ2v) is 4.76. The molecule has 2 aromatic rings. The van der Waals surface area contributed by atoms with Gasteiger partial charge in [0.2, 0.25) is 0 Å². The lowest BCUT2D eigenvalue weighted by Gasteiger charge is -2.07. The molecule has 0 aliphatic heterocycles. The van der Waals surface area contributed by atoms with Gasteiger partial charge in [-0.3, -0.25) is 0 Å². The Morgan fingerprint density at radius 2 is 1.71 bits per heavy atom. The number of halogens is 1. The maximum absolute atomic E-state index is 13.0. The van der Waals surface area contributed by atoms with Crippen molar-refractivity contribution < 1.29 is 24.2 Å². The largest absolute Gasteiger partial charge is 0.476 e. The van der Waals surface area contributed by atoms with Crippen LogP contribution in [0.25, 0.3) is 5.69 Å². The molecule has 2 rings (SSSR count). The van der Waals surface area contributed by atoms with E-state index >= 15 is 0 Å². The Bertz CT molecular complexity index is 705. The number of hydrogen-bond acceptors (Lipinski definition) is 3. The molecule has 0 spiro atoms.